The molecule has 7 nitrogen and oxygen atoms in total. The van der Waals surface area contributed by atoms with Crippen molar-refractivity contribution in [2.75, 3.05) is 23.0 Å². The van der Waals surface area contributed by atoms with E-state index in [9.17, 15) is 22.4 Å². The molecule has 10 heteroatoms. The summed E-state index contributed by atoms with van der Waals surface area (Å²) in [5, 5.41) is 3.04. The number of benzene rings is 2. The quantitative estimate of drug-likeness (QED) is 0.663. The molecule has 0 unspecified atom stereocenters. The number of halogens is 1. The Labute approximate surface area is 176 Å². The number of nitrogens with one attached hydrogen (secondary N) is 1. The second-order valence-corrected chi connectivity index (χ2v) is 10.3. The molecule has 1 N–H and O–H groups in total. The summed E-state index contributed by atoms with van der Waals surface area (Å²) >= 11 is 1.16. The first kappa shape index (κ1) is 20.4. The molecule has 1 atom stereocenters. The molecule has 2 amide bonds. The normalized spacial score (nSPS) is 17.0. The van der Waals surface area contributed by atoms with Crippen molar-refractivity contribution in [1.29, 1.82) is 0 Å². The van der Waals surface area contributed by atoms with E-state index in [0.29, 0.717) is 26.6 Å². The van der Waals surface area contributed by atoms with Crippen LogP contribution in [0.2, 0.25) is 0 Å². The molecule has 0 bridgehead atoms. The number of carbonyl (C=O) groups is 2. The summed E-state index contributed by atoms with van der Waals surface area (Å²) in [5.41, 5.74) is 1.48. The average Bonchev–Trinajstić information content (AvgIpc) is 3.25. The first-order chi connectivity index (χ1) is 14.1. The van der Waals surface area contributed by atoms with Gasteiger partial charge in [0.25, 0.3) is 0 Å². The number of aromatic nitrogens is 1. The van der Waals surface area contributed by atoms with Crippen molar-refractivity contribution in [2.24, 2.45) is 5.92 Å². The number of hydrogen-bond acceptors (Lipinski definition) is 6. The fourth-order valence-corrected chi connectivity index (χ4v) is 4.91. The van der Waals surface area contributed by atoms with Crippen LogP contribution < -0.4 is 10.2 Å². The highest BCUT2D eigenvalue weighted by Gasteiger charge is 2.35. The lowest BCUT2D eigenvalue weighted by molar-refractivity contribution is -0.122. The standard InChI is InChI=1S/C20H18FN3O4S2/c1-11-3-4-13(8-15(11)21)24-10-12(7-18(24)25)19(26)23-20-22-16-6-5-14(30(2,27)28)9-17(16)29-20/h3-6,8-9,12H,7,10H2,1-2H3,(H,22,23,26)/t12-/m0/s1. The molecule has 1 aromatic heterocycles. The maximum Gasteiger partial charge on any atom is 0.231 e. The van der Waals surface area contributed by atoms with Crippen molar-refractivity contribution in [3.8, 4) is 0 Å². The highest BCUT2D eigenvalue weighted by molar-refractivity contribution is 7.90. The molecule has 156 valence electrons. The lowest BCUT2D eigenvalue weighted by atomic mass is 10.1. The summed E-state index contributed by atoms with van der Waals surface area (Å²) in [4.78, 5) is 30.9. The first-order valence-electron chi connectivity index (χ1n) is 9.10. The monoisotopic (exact) mass is 447 g/mol. The van der Waals surface area contributed by atoms with Gasteiger partial charge in [0.15, 0.2) is 15.0 Å². The van der Waals surface area contributed by atoms with Crippen LogP contribution in [0.15, 0.2) is 41.3 Å². The van der Waals surface area contributed by atoms with Crippen LogP contribution >= 0.6 is 11.3 Å². The molecule has 2 heterocycles. The third kappa shape index (κ3) is 3.92. The van der Waals surface area contributed by atoms with Gasteiger partial charge in [0.1, 0.15) is 5.82 Å². The Morgan fingerprint density at radius 2 is 2.03 bits per heavy atom. The van der Waals surface area contributed by atoms with Crippen LogP contribution in [-0.4, -0.2) is 38.0 Å². The molecule has 1 saturated heterocycles. The predicted octanol–water partition coefficient (Wildman–Crippen LogP) is 3.14. The number of rotatable bonds is 4. The maximum atomic E-state index is 13.8. The molecule has 2 aromatic carbocycles. The number of sulfone groups is 1. The Hall–Kier alpha value is -2.85. The van der Waals surface area contributed by atoms with Crippen molar-refractivity contribution in [2.45, 2.75) is 18.2 Å². The minimum Gasteiger partial charge on any atom is -0.311 e. The number of aryl methyl sites for hydroxylation is 1. The Balaban J connectivity index is 1.50. The number of fused-ring (bicyclic) bond motifs is 1. The van der Waals surface area contributed by atoms with E-state index in [-0.39, 0.29) is 29.7 Å². The second-order valence-electron chi connectivity index (χ2n) is 7.25. The van der Waals surface area contributed by atoms with Crippen LogP contribution in [0, 0.1) is 18.7 Å². The van der Waals surface area contributed by atoms with E-state index in [2.05, 4.69) is 10.3 Å². The summed E-state index contributed by atoms with van der Waals surface area (Å²) in [6, 6.07) is 9.12. The topological polar surface area (TPSA) is 96.4 Å². The molecule has 4 rings (SSSR count). The van der Waals surface area contributed by atoms with Crippen LogP contribution in [0.4, 0.5) is 15.2 Å². The molecule has 0 spiro atoms. The zero-order valence-electron chi connectivity index (χ0n) is 16.2. The first-order valence-corrected chi connectivity index (χ1v) is 11.8. The Bertz CT molecular complexity index is 1290. The second kappa shape index (κ2) is 7.44. The van der Waals surface area contributed by atoms with Gasteiger partial charge in [-0.05, 0) is 42.8 Å². The van der Waals surface area contributed by atoms with Crippen LogP contribution in [0.3, 0.4) is 0 Å². The number of nitrogens with zero attached hydrogens (tertiary/aromatic N) is 2. The molecule has 0 saturated carbocycles. The fourth-order valence-electron chi connectivity index (χ4n) is 3.28. The van der Waals surface area contributed by atoms with Gasteiger partial charge in [-0.1, -0.05) is 17.4 Å². The molecule has 3 aromatic rings. The number of carbonyl (C=O) groups excluding carboxylic acids is 2. The Kier molecular flexibility index (Phi) is 5.07. The van der Waals surface area contributed by atoms with Crippen molar-refractivity contribution >= 4 is 54.0 Å². The summed E-state index contributed by atoms with van der Waals surface area (Å²) in [6.45, 7) is 1.79. The smallest absolute Gasteiger partial charge is 0.231 e. The third-order valence-corrected chi connectivity index (χ3v) is 7.02. The van der Waals surface area contributed by atoms with Gasteiger partial charge >= 0.3 is 0 Å². The van der Waals surface area contributed by atoms with Crippen molar-refractivity contribution < 1.29 is 22.4 Å². The molecule has 1 aliphatic heterocycles. The molecule has 30 heavy (non-hydrogen) atoms. The fraction of sp³-hybridized carbons (Fsp3) is 0.250. The van der Waals surface area contributed by atoms with Crippen molar-refractivity contribution in [3.63, 3.8) is 0 Å². The van der Waals surface area contributed by atoms with E-state index in [1.807, 2.05) is 0 Å². The van der Waals surface area contributed by atoms with Gasteiger partial charge < -0.3 is 10.2 Å². The highest BCUT2D eigenvalue weighted by atomic mass is 32.2. The minimum absolute atomic E-state index is 0.0183. The van der Waals surface area contributed by atoms with Gasteiger partial charge in [0, 0.05) is 24.9 Å². The molecule has 0 radical (unpaired) electrons. The van der Waals surface area contributed by atoms with E-state index in [1.54, 1.807) is 25.1 Å². The number of amides is 2. The highest BCUT2D eigenvalue weighted by Crippen LogP contribution is 2.30. The van der Waals surface area contributed by atoms with E-state index in [0.717, 1.165) is 17.6 Å². The van der Waals surface area contributed by atoms with Crippen LogP contribution in [0.5, 0.6) is 0 Å². The number of hydrogen-bond donors (Lipinski definition) is 1. The van der Waals surface area contributed by atoms with Gasteiger partial charge in [0.2, 0.25) is 11.8 Å². The van der Waals surface area contributed by atoms with Gasteiger partial charge in [-0.15, -0.1) is 0 Å². The Morgan fingerprint density at radius 1 is 1.27 bits per heavy atom. The molecule has 1 fully saturated rings. The van der Waals surface area contributed by atoms with E-state index in [1.165, 1.54) is 23.1 Å². The molecule has 0 aliphatic carbocycles. The van der Waals surface area contributed by atoms with Gasteiger partial charge in [-0.25, -0.2) is 17.8 Å². The van der Waals surface area contributed by atoms with E-state index in [4.69, 9.17) is 0 Å². The average molecular weight is 448 g/mol. The summed E-state index contributed by atoms with van der Waals surface area (Å²) in [5.74, 6) is -1.61. The van der Waals surface area contributed by atoms with E-state index < -0.39 is 21.6 Å². The lowest BCUT2D eigenvalue weighted by Gasteiger charge is -2.17. The third-order valence-electron chi connectivity index (χ3n) is 4.98. The van der Waals surface area contributed by atoms with Crippen molar-refractivity contribution in [1.82, 2.24) is 4.98 Å². The predicted molar refractivity (Wildman–Crippen MR) is 113 cm³/mol. The maximum absolute atomic E-state index is 13.8. The summed E-state index contributed by atoms with van der Waals surface area (Å²) in [6.07, 6.45) is 1.14. The Morgan fingerprint density at radius 3 is 2.73 bits per heavy atom. The largest absolute Gasteiger partial charge is 0.311 e. The van der Waals surface area contributed by atoms with Gasteiger partial charge in [-0.2, -0.15) is 0 Å². The molecular weight excluding hydrogens is 429 g/mol. The van der Waals surface area contributed by atoms with Gasteiger partial charge in [-0.3, -0.25) is 9.59 Å². The van der Waals surface area contributed by atoms with Crippen LogP contribution in [0.25, 0.3) is 10.2 Å². The number of thiazole rings is 1. The lowest BCUT2D eigenvalue weighted by Crippen LogP contribution is -2.28. The zero-order valence-corrected chi connectivity index (χ0v) is 17.8. The number of anilines is 2. The molecule has 1 aliphatic rings. The van der Waals surface area contributed by atoms with Crippen LogP contribution in [0.1, 0.15) is 12.0 Å². The summed E-state index contributed by atoms with van der Waals surface area (Å²) in [7, 11) is -3.34. The van der Waals surface area contributed by atoms with Crippen LogP contribution in [-0.2, 0) is 19.4 Å². The molecular formula is C20H18FN3O4S2. The van der Waals surface area contributed by atoms with E-state index >= 15 is 0 Å². The van der Waals surface area contributed by atoms with Gasteiger partial charge in [0.05, 0.1) is 21.0 Å². The SMILES string of the molecule is Cc1ccc(N2C[C@@H](C(=O)Nc3nc4ccc(S(C)(=O)=O)cc4s3)CC2=O)cc1F. The minimum atomic E-state index is -3.34. The summed E-state index contributed by atoms with van der Waals surface area (Å²) < 4.78 is 37.9. The zero-order chi connectivity index (χ0) is 21.6. The van der Waals surface area contributed by atoms with Crippen molar-refractivity contribution in [3.05, 3.63) is 47.8 Å².